The summed E-state index contributed by atoms with van der Waals surface area (Å²) in [6.45, 7) is 0.689. The number of aromatic nitrogens is 1. The van der Waals surface area contributed by atoms with E-state index in [1.54, 1.807) is 21.3 Å². The van der Waals surface area contributed by atoms with Crippen molar-refractivity contribution >= 4 is 53.0 Å². The molecule has 1 saturated carbocycles. The lowest BCUT2D eigenvalue weighted by Crippen LogP contribution is -2.36. The molecule has 0 spiro atoms. The van der Waals surface area contributed by atoms with Gasteiger partial charge in [0.05, 0.1) is 32.4 Å². The van der Waals surface area contributed by atoms with Crippen molar-refractivity contribution < 1.29 is 14.2 Å². The largest absolute Gasteiger partial charge is 0.496 e. The smallest absolute Gasteiger partial charge is 0.130 e. The molecule has 9 heteroatoms. The molecule has 1 aliphatic rings. The van der Waals surface area contributed by atoms with Gasteiger partial charge in [0.2, 0.25) is 0 Å². The minimum Gasteiger partial charge on any atom is -0.496 e. The van der Waals surface area contributed by atoms with Crippen molar-refractivity contribution in [2.45, 2.75) is 44.3 Å². The number of nitrogens with one attached hydrogen (secondary N) is 2. The monoisotopic (exact) mass is 527 g/mol. The van der Waals surface area contributed by atoms with Gasteiger partial charge in [0, 0.05) is 53.1 Å². The van der Waals surface area contributed by atoms with Crippen molar-refractivity contribution in [1.29, 1.82) is 0 Å². The van der Waals surface area contributed by atoms with E-state index in [0.717, 1.165) is 65.1 Å². The molecule has 0 unspecified atom stereocenters. The van der Waals surface area contributed by atoms with Crippen LogP contribution in [0, 0.1) is 0 Å². The Hall–Kier alpha value is -2.12. The fourth-order valence-corrected chi connectivity index (χ4v) is 4.57. The molecule has 2 N–H and O–H groups in total. The highest BCUT2D eigenvalue weighted by atomic mass is 35.5. The van der Waals surface area contributed by atoms with E-state index in [1.807, 2.05) is 42.6 Å². The van der Waals surface area contributed by atoms with Crippen LogP contribution in [0.5, 0.6) is 17.2 Å². The van der Waals surface area contributed by atoms with E-state index in [4.69, 9.17) is 25.8 Å². The second kappa shape index (κ2) is 13.1. The summed E-state index contributed by atoms with van der Waals surface area (Å²) in [6, 6.07) is 12.6. The molecule has 2 aromatic carbocycles. The molecular formula is C25H32Cl3N3O3. The highest BCUT2D eigenvalue weighted by Crippen LogP contribution is 2.34. The minimum absolute atomic E-state index is 0. The Morgan fingerprint density at radius 3 is 2.15 bits per heavy atom. The van der Waals surface area contributed by atoms with Crippen LogP contribution in [0.15, 0.2) is 42.6 Å². The van der Waals surface area contributed by atoms with E-state index < -0.39 is 0 Å². The Morgan fingerprint density at radius 2 is 1.53 bits per heavy atom. The lowest BCUT2D eigenvalue weighted by atomic mass is 9.90. The lowest BCUT2D eigenvalue weighted by molar-refractivity contribution is 0.339. The minimum atomic E-state index is 0. The zero-order valence-electron chi connectivity index (χ0n) is 19.6. The van der Waals surface area contributed by atoms with Crippen molar-refractivity contribution in [2.24, 2.45) is 0 Å². The van der Waals surface area contributed by atoms with Crippen LogP contribution in [-0.4, -0.2) is 38.4 Å². The molecule has 1 heterocycles. The summed E-state index contributed by atoms with van der Waals surface area (Å²) >= 11 is 6.12. The molecule has 6 nitrogen and oxygen atoms in total. The topological polar surface area (TPSA) is 64.6 Å². The third-order valence-corrected chi connectivity index (χ3v) is 6.41. The Kier molecular flexibility index (Phi) is 10.8. The molecule has 0 bridgehead atoms. The van der Waals surface area contributed by atoms with Gasteiger partial charge in [-0.15, -0.1) is 24.8 Å². The van der Waals surface area contributed by atoms with E-state index in [2.05, 4.69) is 15.6 Å². The van der Waals surface area contributed by atoms with Crippen molar-refractivity contribution in [1.82, 2.24) is 10.3 Å². The van der Waals surface area contributed by atoms with Gasteiger partial charge < -0.3 is 24.8 Å². The average molecular weight is 529 g/mol. The number of methoxy groups -OCH3 is 3. The third kappa shape index (κ3) is 6.51. The van der Waals surface area contributed by atoms with Crippen molar-refractivity contribution in [3.8, 4) is 17.2 Å². The van der Waals surface area contributed by atoms with E-state index in [1.165, 1.54) is 0 Å². The molecule has 1 aliphatic carbocycles. The second-order valence-electron chi connectivity index (χ2n) is 8.10. The number of halogens is 3. The maximum absolute atomic E-state index is 6.12. The predicted octanol–water partition coefficient (Wildman–Crippen LogP) is 6.27. The predicted molar refractivity (Wildman–Crippen MR) is 144 cm³/mol. The standard InChI is InChI=1S/C25H30ClN3O3.2ClH/c1-30-19-13-24(31-2)21(25(14-19)32-3)15-28-17-5-7-18(8-6-17)29-22-10-11-27-23-12-16(26)4-9-20(22)23;;/h4,9-14,17-18,28H,5-8,15H2,1-3H3,(H,27,29);2*1H/t17-,18+;;. The average Bonchev–Trinajstić information content (AvgIpc) is 2.83. The van der Waals surface area contributed by atoms with Gasteiger partial charge in [0.15, 0.2) is 0 Å². The summed E-state index contributed by atoms with van der Waals surface area (Å²) < 4.78 is 16.5. The molecule has 0 amide bonds. The summed E-state index contributed by atoms with van der Waals surface area (Å²) in [7, 11) is 4.99. The molecule has 0 saturated heterocycles. The van der Waals surface area contributed by atoms with Crippen LogP contribution >= 0.6 is 36.4 Å². The molecule has 0 aliphatic heterocycles. The molecular weight excluding hydrogens is 497 g/mol. The Balaban J connectivity index is 0.00000204. The van der Waals surface area contributed by atoms with Gasteiger partial charge in [-0.05, 0) is 49.9 Å². The van der Waals surface area contributed by atoms with Crippen LogP contribution in [0.4, 0.5) is 5.69 Å². The number of rotatable bonds is 8. The highest BCUT2D eigenvalue weighted by molar-refractivity contribution is 6.31. The fourth-order valence-electron chi connectivity index (χ4n) is 4.41. The van der Waals surface area contributed by atoms with Crippen LogP contribution in [0.1, 0.15) is 31.2 Å². The summed E-state index contributed by atoms with van der Waals surface area (Å²) in [6.07, 6.45) is 6.25. The second-order valence-corrected chi connectivity index (χ2v) is 8.54. The number of hydrogen-bond acceptors (Lipinski definition) is 6. The van der Waals surface area contributed by atoms with Crippen molar-refractivity contribution in [3.05, 3.63) is 53.2 Å². The molecule has 1 fully saturated rings. The SMILES string of the molecule is COc1cc(OC)c(CN[C@H]2CC[C@@H](Nc3ccnc4cc(Cl)ccc34)CC2)c(OC)c1.Cl.Cl. The summed E-state index contributed by atoms with van der Waals surface area (Å²) in [4.78, 5) is 4.44. The van der Waals surface area contributed by atoms with Crippen molar-refractivity contribution in [3.63, 3.8) is 0 Å². The van der Waals surface area contributed by atoms with Crippen LogP contribution in [0.3, 0.4) is 0 Å². The lowest BCUT2D eigenvalue weighted by Gasteiger charge is -2.31. The maximum atomic E-state index is 6.12. The number of anilines is 1. The zero-order valence-corrected chi connectivity index (χ0v) is 22.0. The van der Waals surface area contributed by atoms with Gasteiger partial charge in [-0.2, -0.15) is 0 Å². The van der Waals surface area contributed by atoms with Gasteiger partial charge in [-0.1, -0.05) is 11.6 Å². The number of hydrogen-bond donors (Lipinski definition) is 2. The molecule has 0 radical (unpaired) electrons. The van der Waals surface area contributed by atoms with Gasteiger partial charge in [0.1, 0.15) is 17.2 Å². The van der Waals surface area contributed by atoms with Crippen LogP contribution < -0.4 is 24.8 Å². The number of fused-ring (bicyclic) bond motifs is 1. The first-order chi connectivity index (χ1) is 15.6. The molecule has 3 aromatic rings. The maximum Gasteiger partial charge on any atom is 0.130 e. The van der Waals surface area contributed by atoms with Crippen LogP contribution in [0.25, 0.3) is 10.9 Å². The fraction of sp³-hybridized carbons (Fsp3) is 0.400. The summed E-state index contributed by atoms with van der Waals surface area (Å²) in [5, 5.41) is 9.23. The first-order valence-electron chi connectivity index (χ1n) is 10.9. The van der Waals surface area contributed by atoms with Gasteiger partial charge in [0.25, 0.3) is 0 Å². The number of ether oxygens (including phenoxy) is 3. The first kappa shape index (κ1) is 28.1. The molecule has 4 rings (SSSR count). The van der Waals surface area contributed by atoms with Crippen LogP contribution in [0.2, 0.25) is 5.02 Å². The molecule has 1 aromatic heterocycles. The van der Waals surface area contributed by atoms with Crippen LogP contribution in [-0.2, 0) is 6.54 Å². The Labute approximate surface area is 218 Å². The molecule has 0 atom stereocenters. The van der Waals surface area contributed by atoms with Gasteiger partial charge in [-0.25, -0.2) is 0 Å². The highest BCUT2D eigenvalue weighted by Gasteiger charge is 2.22. The van der Waals surface area contributed by atoms with E-state index in [0.29, 0.717) is 23.7 Å². The van der Waals surface area contributed by atoms with Crippen molar-refractivity contribution in [2.75, 3.05) is 26.6 Å². The quantitative estimate of drug-likeness (QED) is 0.359. The Morgan fingerprint density at radius 1 is 0.882 bits per heavy atom. The van der Waals surface area contributed by atoms with E-state index in [9.17, 15) is 0 Å². The van der Waals surface area contributed by atoms with Gasteiger partial charge in [-0.3, -0.25) is 4.98 Å². The number of pyridine rings is 1. The zero-order chi connectivity index (χ0) is 22.5. The van der Waals surface area contributed by atoms with E-state index >= 15 is 0 Å². The Bertz CT molecular complexity index is 1050. The molecule has 34 heavy (non-hydrogen) atoms. The summed E-state index contributed by atoms with van der Waals surface area (Å²) in [5.74, 6) is 2.27. The molecule has 186 valence electrons. The van der Waals surface area contributed by atoms with E-state index in [-0.39, 0.29) is 24.8 Å². The summed E-state index contributed by atoms with van der Waals surface area (Å²) in [5.41, 5.74) is 3.05. The third-order valence-electron chi connectivity index (χ3n) is 6.18. The van der Waals surface area contributed by atoms with Gasteiger partial charge >= 0.3 is 0 Å². The number of nitrogens with zero attached hydrogens (tertiary/aromatic N) is 1. The normalized spacial score (nSPS) is 17.3. The first-order valence-corrected chi connectivity index (χ1v) is 11.3. The number of benzene rings is 2.